The van der Waals surface area contributed by atoms with Crippen molar-refractivity contribution in [1.82, 2.24) is 10.2 Å². The first kappa shape index (κ1) is 22.3. The van der Waals surface area contributed by atoms with Crippen molar-refractivity contribution in [2.45, 2.75) is 83.3 Å². The molecule has 0 atom stereocenters. The summed E-state index contributed by atoms with van der Waals surface area (Å²) in [5.74, 6) is 3.22. The molecule has 0 aromatic heterocycles. The van der Waals surface area contributed by atoms with E-state index in [4.69, 9.17) is 14.2 Å². The van der Waals surface area contributed by atoms with Crippen LogP contribution < -0.4 is 14.8 Å². The van der Waals surface area contributed by atoms with Crippen LogP contribution in [0, 0.1) is 5.92 Å². The minimum Gasteiger partial charge on any atom is -0.454 e. The van der Waals surface area contributed by atoms with Gasteiger partial charge in [0.15, 0.2) is 11.5 Å². The van der Waals surface area contributed by atoms with E-state index in [9.17, 15) is 4.79 Å². The van der Waals surface area contributed by atoms with E-state index in [1.807, 2.05) is 26.8 Å². The molecule has 2 heterocycles. The second kappa shape index (κ2) is 9.68. The second-order valence-corrected chi connectivity index (χ2v) is 10.3. The zero-order valence-corrected chi connectivity index (χ0v) is 19.3. The molecule has 1 N–H and O–H groups in total. The average Bonchev–Trinajstić information content (AvgIpc) is 3.21. The molecule has 4 rings (SSSR count). The van der Waals surface area contributed by atoms with Gasteiger partial charge in [-0.3, -0.25) is 0 Å². The molecule has 0 unspecified atom stereocenters. The molecule has 6 heteroatoms. The van der Waals surface area contributed by atoms with E-state index in [0.717, 1.165) is 43.3 Å². The van der Waals surface area contributed by atoms with Gasteiger partial charge in [0, 0.05) is 11.6 Å². The van der Waals surface area contributed by atoms with Crippen LogP contribution in [-0.4, -0.2) is 49.1 Å². The monoisotopic (exact) mass is 430 g/mol. The van der Waals surface area contributed by atoms with Gasteiger partial charge < -0.3 is 24.4 Å². The van der Waals surface area contributed by atoms with Crippen molar-refractivity contribution >= 4 is 6.09 Å². The third-order valence-corrected chi connectivity index (χ3v) is 6.88. The molecule has 3 aliphatic rings. The van der Waals surface area contributed by atoms with Crippen LogP contribution in [0.25, 0.3) is 0 Å². The average molecular weight is 431 g/mol. The standard InChI is InChI=1S/C25H38N2O4/c1-25(2,3)31-24(28)26-20-9-7-18(8-10-20)11-14-27-15-12-19(13-16-27)21-5-4-6-22-23(21)30-17-29-22/h4-6,18-20H,7-17H2,1-3H3,(H,26,28). The van der Waals surface area contributed by atoms with Crippen LogP contribution in [0.3, 0.4) is 0 Å². The van der Waals surface area contributed by atoms with E-state index >= 15 is 0 Å². The van der Waals surface area contributed by atoms with Gasteiger partial charge in [-0.1, -0.05) is 12.1 Å². The lowest BCUT2D eigenvalue weighted by Crippen LogP contribution is -2.41. The highest BCUT2D eigenvalue weighted by molar-refractivity contribution is 5.68. The van der Waals surface area contributed by atoms with Gasteiger partial charge in [0.05, 0.1) is 0 Å². The van der Waals surface area contributed by atoms with Crippen molar-refractivity contribution in [1.29, 1.82) is 0 Å². The van der Waals surface area contributed by atoms with Crippen LogP contribution in [0.1, 0.15) is 77.2 Å². The quantitative estimate of drug-likeness (QED) is 0.707. The summed E-state index contributed by atoms with van der Waals surface area (Å²) in [6.45, 7) is 9.56. The number of amides is 1. The van der Waals surface area contributed by atoms with Gasteiger partial charge >= 0.3 is 6.09 Å². The molecule has 1 saturated carbocycles. The number of fused-ring (bicyclic) bond motifs is 1. The highest BCUT2D eigenvalue weighted by Crippen LogP contribution is 2.42. The van der Waals surface area contributed by atoms with Crippen LogP contribution in [0.4, 0.5) is 4.79 Å². The molecule has 0 spiro atoms. The summed E-state index contributed by atoms with van der Waals surface area (Å²) in [6.07, 6.45) is 7.88. The lowest BCUT2D eigenvalue weighted by Gasteiger charge is -2.35. The predicted molar refractivity (Wildman–Crippen MR) is 121 cm³/mol. The Balaban J connectivity index is 1.15. The third kappa shape index (κ3) is 6.06. The number of nitrogens with one attached hydrogen (secondary N) is 1. The van der Waals surface area contributed by atoms with Gasteiger partial charge in [-0.05, 0) is 103 Å². The van der Waals surface area contributed by atoms with Crippen molar-refractivity contribution in [2.24, 2.45) is 5.92 Å². The Kier molecular flexibility index (Phi) is 6.95. The van der Waals surface area contributed by atoms with E-state index in [1.54, 1.807) is 0 Å². The Morgan fingerprint density at radius 2 is 1.84 bits per heavy atom. The fourth-order valence-corrected chi connectivity index (χ4v) is 5.18. The van der Waals surface area contributed by atoms with E-state index in [2.05, 4.69) is 22.3 Å². The minimum atomic E-state index is -0.434. The Hall–Kier alpha value is -1.95. The van der Waals surface area contributed by atoms with Crippen LogP contribution in [0.5, 0.6) is 11.5 Å². The second-order valence-electron chi connectivity index (χ2n) is 10.3. The molecule has 1 amide bonds. The van der Waals surface area contributed by atoms with Crippen molar-refractivity contribution in [3.63, 3.8) is 0 Å². The lowest BCUT2D eigenvalue weighted by molar-refractivity contribution is 0.0485. The number of benzene rings is 1. The summed E-state index contributed by atoms with van der Waals surface area (Å²) in [4.78, 5) is 14.6. The highest BCUT2D eigenvalue weighted by Gasteiger charge is 2.28. The molecule has 1 saturated heterocycles. The first-order valence-corrected chi connectivity index (χ1v) is 12.0. The van der Waals surface area contributed by atoms with Gasteiger partial charge in [-0.15, -0.1) is 0 Å². The van der Waals surface area contributed by atoms with Crippen LogP contribution in [0.15, 0.2) is 18.2 Å². The fourth-order valence-electron chi connectivity index (χ4n) is 5.18. The largest absolute Gasteiger partial charge is 0.454 e. The van der Waals surface area contributed by atoms with Crippen molar-refractivity contribution in [3.8, 4) is 11.5 Å². The number of likely N-dealkylation sites (tertiary alicyclic amines) is 1. The molecule has 1 aromatic carbocycles. The first-order valence-electron chi connectivity index (χ1n) is 12.0. The zero-order valence-electron chi connectivity index (χ0n) is 19.3. The molecule has 1 aliphatic carbocycles. The van der Waals surface area contributed by atoms with Gasteiger partial charge in [0.1, 0.15) is 5.60 Å². The summed E-state index contributed by atoms with van der Waals surface area (Å²) >= 11 is 0. The third-order valence-electron chi connectivity index (χ3n) is 6.88. The van der Waals surface area contributed by atoms with Crippen molar-refractivity contribution in [3.05, 3.63) is 23.8 Å². The maximum absolute atomic E-state index is 12.0. The summed E-state index contributed by atoms with van der Waals surface area (Å²) in [5.41, 5.74) is 0.890. The number of alkyl carbamates (subject to hydrolysis) is 1. The van der Waals surface area contributed by atoms with Crippen LogP contribution >= 0.6 is 0 Å². The number of hydrogen-bond donors (Lipinski definition) is 1. The number of ether oxygens (including phenoxy) is 3. The van der Waals surface area contributed by atoms with E-state index in [0.29, 0.717) is 12.7 Å². The van der Waals surface area contributed by atoms with Gasteiger partial charge in [0.2, 0.25) is 6.79 Å². The maximum atomic E-state index is 12.0. The number of hydrogen-bond acceptors (Lipinski definition) is 5. The number of para-hydroxylation sites is 1. The van der Waals surface area contributed by atoms with Gasteiger partial charge in [-0.25, -0.2) is 4.79 Å². The Bertz CT molecular complexity index is 744. The smallest absolute Gasteiger partial charge is 0.407 e. The fraction of sp³-hybridized carbons (Fsp3) is 0.720. The zero-order chi connectivity index (χ0) is 21.8. The molecular weight excluding hydrogens is 392 g/mol. The van der Waals surface area contributed by atoms with E-state index in [1.165, 1.54) is 44.2 Å². The molecule has 2 fully saturated rings. The van der Waals surface area contributed by atoms with Gasteiger partial charge in [0.25, 0.3) is 0 Å². The molecule has 1 aromatic rings. The summed E-state index contributed by atoms with van der Waals surface area (Å²) in [5, 5.41) is 3.05. The normalized spacial score (nSPS) is 24.7. The molecule has 0 bridgehead atoms. The van der Waals surface area contributed by atoms with Crippen LogP contribution in [-0.2, 0) is 4.74 Å². The summed E-state index contributed by atoms with van der Waals surface area (Å²) in [7, 11) is 0. The first-order chi connectivity index (χ1) is 14.9. The van der Waals surface area contributed by atoms with E-state index < -0.39 is 5.60 Å². The number of piperidine rings is 1. The number of nitrogens with zero attached hydrogens (tertiary/aromatic N) is 1. The molecular formula is C25H38N2O4. The molecule has 0 radical (unpaired) electrons. The number of carbonyl (C=O) groups excluding carboxylic acids is 1. The maximum Gasteiger partial charge on any atom is 0.407 e. The van der Waals surface area contributed by atoms with Crippen molar-refractivity contribution in [2.75, 3.05) is 26.4 Å². The van der Waals surface area contributed by atoms with Gasteiger partial charge in [-0.2, -0.15) is 0 Å². The highest BCUT2D eigenvalue weighted by atomic mass is 16.7. The van der Waals surface area contributed by atoms with E-state index in [-0.39, 0.29) is 12.1 Å². The minimum absolute atomic E-state index is 0.264. The van der Waals surface area contributed by atoms with Crippen molar-refractivity contribution < 1.29 is 19.0 Å². The number of rotatable bonds is 5. The lowest BCUT2D eigenvalue weighted by atomic mass is 9.83. The molecule has 172 valence electrons. The molecule has 6 nitrogen and oxygen atoms in total. The topological polar surface area (TPSA) is 60.0 Å². The molecule has 31 heavy (non-hydrogen) atoms. The Morgan fingerprint density at radius 3 is 2.55 bits per heavy atom. The Morgan fingerprint density at radius 1 is 1.10 bits per heavy atom. The molecule has 2 aliphatic heterocycles. The van der Waals surface area contributed by atoms with Crippen LogP contribution in [0.2, 0.25) is 0 Å². The Labute approximate surface area is 186 Å². The predicted octanol–water partition coefficient (Wildman–Crippen LogP) is 5.07. The SMILES string of the molecule is CC(C)(C)OC(=O)NC1CCC(CCN2CCC(c3cccc4c3OCO4)CC2)CC1. The summed E-state index contributed by atoms with van der Waals surface area (Å²) in [6, 6.07) is 6.56. The number of carbonyl (C=O) groups is 1. The summed E-state index contributed by atoms with van der Waals surface area (Å²) < 4.78 is 16.7.